The van der Waals surface area contributed by atoms with E-state index in [2.05, 4.69) is 0 Å². The first kappa shape index (κ1) is 21.8. The summed E-state index contributed by atoms with van der Waals surface area (Å²) in [4.78, 5) is 22.9. The number of aryl methyl sites for hydroxylation is 2. The summed E-state index contributed by atoms with van der Waals surface area (Å²) in [6, 6.07) is 25.1. The van der Waals surface area contributed by atoms with Gasteiger partial charge in [0.1, 0.15) is 11.5 Å². The smallest absolute Gasteiger partial charge is 0.343 e. The number of carbonyl (C=O) groups excluding carboxylic acids is 2. The summed E-state index contributed by atoms with van der Waals surface area (Å²) in [5.74, 6) is 0.339. The zero-order chi connectivity index (χ0) is 22.4. The van der Waals surface area contributed by atoms with Gasteiger partial charge in [-0.25, -0.2) is 4.79 Å². The molecule has 0 aliphatic carbocycles. The Kier molecular flexibility index (Phi) is 6.83. The van der Waals surface area contributed by atoms with E-state index in [1.165, 1.54) is 29.8 Å². The maximum absolute atomic E-state index is 12.2. The monoisotopic (exact) mass is 412 g/mol. The van der Waals surface area contributed by atoms with Crippen molar-refractivity contribution in [3.8, 4) is 11.5 Å². The van der Waals surface area contributed by atoms with Crippen LogP contribution in [-0.2, 0) is 0 Å². The number of hydrogen-bond donors (Lipinski definition) is 1. The van der Waals surface area contributed by atoms with Crippen LogP contribution in [0.2, 0.25) is 0 Å². The number of Topliss-reactive ketones (excluding diaryl/α,β-unsaturated/α-hetero) is 1. The Morgan fingerprint density at radius 2 is 1.29 bits per heavy atom. The van der Waals surface area contributed by atoms with E-state index in [0.717, 1.165) is 21.9 Å². The molecular formula is C27H24O4. The second kappa shape index (κ2) is 9.72. The highest BCUT2D eigenvalue weighted by atomic mass is 16.5. The largest absolute Gasteiger partial charge is 0.508 e. The van der Waals surface area contributed by atoms with Crippen molar-refractivity contribution in [3.63, 3.8) is 0 Å². The summed E-state index contributed by atoms with van der Waals surface area (Å²) < 4.78 is 5.49. The maximum atomic E-state index is 12.2. The van der Waals surface area contributed by atoms with Gasteiger partial charge in [-0.15, -0.1) is 0 Å². The van der Waals surface area contributed by atoms with Gasteiger partial charge in [0.05, 0.1) is 5.56 Å². The minimum atomic E-state index is -0.441. The third-order valence-corrected chi connectivity index (χ3v) is 4.86. The summed E-state index contributed by atoms with van der Waals surface area (Å²) >= 11 is 0. The highest BCUT2D eigenvalue weighted by Gasteiger charge is 2.11. The van der Waals surface area contributed by atoms with Gasteiger partial charge in [-0.05, 0) is 62.1 Å². The van der Waals surface area contributed by atoms with Crippen molar-refractivity contribution < 1.29 is 19.4 Å². The molecule has 0 radical (unpaired) electrons. The molecule has 0 spiro atoms. The van der Waals surface area contributed by atoms with Crippen molar-refractivity contribution in [2.24, 2.45) is 0 Å². The lowest BCUT2D eigenvalue weighted by Crippen LogP contribution is -2.08. The van der Waals surface area contributed by atoms with Crippen LogP contribution in [0.3, 0.4) is 0 Å². The van der Waals surface area contributed by atoms with Crippen LogP contribution in [0.15, 0.2) is 84.9 Å². The van der Waals surface area contributed by atoms with Crippen LogP contribution in [0, 0.1) is 13.8 Å². The number of phenols is 1. The Hall–Kier alpha value is -3.92. The molecule has 0 aromatic heterocycles. The first-order chi connectivity index (χ1) is 14.8. The summed E-state index contributed by atoms with van der Waals surface area (Å²) in [5, 5.41) is 11.2. The van der Waals surface area contributed by atoms with E-state index < -0.39 is 5.97 Å². The lowest BCUT2D eigenvalue weighted by molar-refractivity contribution is 0.0737. The normalized spacial score (nSPS) is 10.2. The SMILES string of the molecule is CC(=O)c1ccc(C)cc1.Cc1cccc2c(OC(=O)c3ccc(O)cc3)cccc12. The second-order valence-electron chi connectivity index (χ2n) is 7.28. The van der Waals surface area contributed by atoms with E-state index in [4.69, 9.17) is 4.74 Å². The summed E-state index contributed by atoms with van der Waals surface area (Å²) in [5.41, 5.74) is 3.50. The van der Waals surface area contributed by atoms with Crippen molar-refractivity contribution in [2.75, 3.05) is 0 Å². The van der Waals surface area contributed by atoms with Crippen molar-refractivity contribution in [1.29, 1.82) is 0 Å². The van der Waals surface area contributed by atoms with Gasteiger partial charge in [-0.1, -0.05) is 60.2 Å². The van der Waals surface area contributed by atoms with Gasteiger partial charge < -0.3 is 9.84 Å². The Balaban J connectivity index is 0.000000229. The molecule has 31 heavy (non-hydrogen) atoms. The molecule has 0 aliphatic heterocycles. The molecule has 0 saturated heterocycles. The third kappa shape index (κ3) is 5.58. The van der Waals surface area contributed by atoms with Gasteiger partial charge in [0, 0.05) is 10.9 Å². The quantitative estimate of drug-likeness (QED) is 0.245. The van der Waals surface area contributed by atoms with Crippen molar-refractivity contribution >= 4 is 22.5 Å². The number of ether oxygens (including phenoxy) is 1. The molecule has 4 nitrogen and oxygen atoms in total. The van der Waals surface area contributed by atoms with Crippen LogP contribution in [0.4, 0.5) is 0 Å². The molecule has 0 fully saturated rings. The molecule has 0 aliphatic rings. The van der Waals surface area contributed by atoms with Gasteiger partial charge in [0.15, 0.2) is 5.78 Å². The number of ketones is 1. The molecule has 0 unspecified atom stereocenters. The zero-order valence-electron chi connectivity index (χ0n) is 17.8. The first-order valence-electron chi connectivity index (χ1n) is 9.92. The van der Waals surface area contributed by atoms with Crippen LogP contribution in [0.1, 0.15) is 38.8 Å². The minimum Gasteiger partial charge on any atom is -0.508 e. The van der Waals surface area contributed by atoms with E-state index in [1.54, 1.807) is 13.0 Å². The van der Waals surface area contributed by atoms with E-state index >= 15 is 0 Å². The third-order valence-electron chi connectivity index (χ3n) is 4.86. The standard InChI is InChI=1S/C18H14O3.C9H10O/c1-12-4-2-6-16-15(12)5-3-7-17(16)21-18(20)13-8-10-14(19)11-9-13;1-7-3-5-9(6-4-7)8(2)10/h2-11,19H,1H3;3-6H,1-2H3. The summed E-state index contributed by atoms with van der Waals surface area (Å²) in [6.07, 6.45) is 0. The van der Waals surface area contributed by atoms with Crippen LogP contribution < -0.4 is 4.74 Å². The van der Waals surface area contributed by atoms with Crippen LogP contribution in [0.25, 0.3) is 10.8 Å². The predicted octanol–water partition coefficient (Wildman–Crippen LogP) is 6.27. The van der Waals surface area contributed by atoms with Crippen molar-refractivity contribution in [1.82, 2.24) is 0 Å². The lowest BCUT2D eigenvalue weighted by Gasteiger charge is -2.09. The molecule has 1 N–H and O–H groups in total. The number of benzene rings is 4. The molecule has 4 heteroatoms. The van der Waals surface area contributed by atoms with Crippen LogP contribution >= 0.6 is 0 Å². The number of carbonyl (C=O) groups is 2. The second-order valence-corrected chi connectivity index (χ2v) is 7.28. The number of aromatic hydroxyl groups is 1. The fourth-order valence-electron chi connectivity index (χ4n) is 3.07. The molecule has 156 valence electrons. The highest BCUT2D eigenvalue weighted by molar-refractivity contribution is 5.96. The molecule has 0 heterocycles. The average Bonchev–Trinajstić information content (AvgIpc) is 2.76. The summed E-state index contributed by atoms with van der Waals surface area (Å²) in [7, 11) is 0. The Labute approximate surface area is 181 Å². The maximum Gasteiger partial charge on any atom is 0.343 e. The van der Waals surface area contributed by atoms with E-state index in [9.17, 15) is 14.7 Å². The van der Waals surface area contributed by atoms with Crippen LogP contribution in [0.5, 0.6) is 11.5 Å². The molecular weight excluding hydrogens is 388 g/mol. The number of esters is 1. The number of hydrogen-bond acceptors (Lipinski definition) is 4. The Morgan fingerprint density at radius 3 is 1.94 bits per heavy atom. The molecule has 0 amide bonds. The van der Waals surface area contributed by atoms with Crippen molar-refractivity contribution in [3.05, 3.63) is 107 Å². The number of rotatable bonds is 3. The summed E-state index contributed by atoms with van der Waals surface area (Å²) in [6.45, 7) is 5.60. The molecule has 4 aromatic carbocycles. The molecule has 0 atom stereocenters. The van der Waals surface area contributed by atoms with E-state index in [1.807, 2.05) is 68.4 Å². The lowest BCUT2D eigenvalue weighted by atomic mass is 10.1. The van der Waals surface area contributed by atoms with Gasteiger partial charge in [-0.3, -0.25) is 4.79 Å². The number of phenolic OH excluding ortho intramolecular Hbond substituents is 1. The van der Waals surface area contributed by atoms with E-state index in [-0.39, 0.29) is 11.5 Å². The topological polar surface area (TPSA) is 63.6 Å². The van der Waals surface area contributed by atoms with Gasteiger partial charge in [0.25, 0.3) is 0 Å². The van der Waals surface area contributed by atoms with Gasteiger partial charge >= 0.3 is 5.97 Å². The van der Waals surface area contributed by atoms with Gasteiger partial charge in [0.2, 0.25) is 0 Å². The highest BCUT2D eigenvalue weighted by Crippen LogP contribution is 2.28. The molecule has 0 saturated carbocycles. The van der Waals surface area contributed by atoms with E-state index in [0.29, 0.717) is 11.3 Å². The minimum absolute atomic E-state index is 0.118. The molecule has 4 aromatic rings. The van der Waals surface area contributed by atoms with Gasteiger partial charge in [-0.2, -0.15) is 0 Å². The number of fused-ring (bicyclic) bond motifs is 1. The Morgan fingerprint density at radius 1 is 0.710 bits per heavy atom. The predicted molar refractivity (Wildman–Crippen MR) is 123 cm³/mol. The molecule has 0 bridgehead atoms. The van der Waals surface area contributed by atoms with Crippen molar-refractivity contribution in [2.45, 2.75) is 20.8 Å². The Bertz CT molecular complexity index is 1210. The fourth-order valence-corrected chi connectivity index (χ4v) is 3.07. The zero-order valence-corrected chi connectivity index (χ0v) is 17.8. The molecule has 4 rings (SSSR count). The van der Waals surface area contributed by atoms with Crippen LogP contribution in [-0.4, -0.2) is 16.9 Å². The average molecular weight is 412 g/mol. The fraction of sp³-hybridized carbons (Fsp3) is 0.111. The first-order valence-corrected chi connectivity index (χ1v) is 9.92.